The van der Waals surface area contributed by atoms with Crippen LogP contribution in [0.25, 0.3) is 0 Å². The topological polar surface area (TPSA) is 43.4 Å². The smallest absolute Gasteiger partial charge is 0.302 e. The summed E-state index contributed by atoms with van der Waals surface area (Å²) in [6.45, 7) is 8.21. The molecular formula is C23H34BO3. The van der Waals surface area contributed by atoms with Gasteiger partial charge >= 0.3 is 5.97 Å². The Kier molecular flexibility index (Phi) is 7.70. The summed E-state index contributed by atoms with van der Waals surface area (Å²) in [5, 5.41) is 0. The molecule has 3 nitrogen and oxygen atoms in total. The number of benzene rings is 1. The normalized spacial score (nSPS) is 19.1. The fourth-order valence-electron chi connectivity index (χ4n) is 4.13. The van der Waals surface area contributed by atoms with Crippen molar-refractivity contribution in [3.63, 3.8) is 0 Å². The van der Waals surface area contributed by atoms with Crippen LogP contribution in [0.4, 0.5) is 0 Å². The summed E-state index contributed by atoms with van der Waals surface area (Å²) in [5.41, 5.74) is 4.44. The van der Waals surface area contributed by atoms with Crippen molar-refractivity contribution < 1.29 is 14.3 Å². The first-order valence-electron chi connectivity index (χ1n) is 10.3. The zero-order valence-corrected chi connectivity index (χ0v) is 17.6. The number of esters is 1. The number of methoxy groups -OCH3 is 1. The minimum absolute atomic E-state index is 0.245. The van der Waals surface area contributed by atoms with Crippen LogP contribution in [0.1, 0.15) is 83.3 Å². The maximum atomic E-state index is 12.5. The van der Waals surface area contributed by atoms with Gasteiger partial charge in [-0.1, -0.05) is 70.0 Å². The fraction of sp³-hybridized carbons (Fsp3) is 0.652. The van der Waals surface area contributed by atoms with Crippen LogP contribution in [0.5, 0.6) is 0 Å². The van der Waals surface area contributed by atoms with Crippen molar-refractivity contribution in [3.05, 3.63) is 29.3 Å². The van der Waals surface area contributed by atoms with Gasteiger partial charge in [0.05, 0.1) is 7.11 Å². The van der Waals surface area contributed by atoms with Crippen molar-refractivity contribution in [3.8, 4) is 0 Å². The van der Waals surface area contributed by atoms with Gasteiger partial charge in [0.25, 0.3) is 0 Å². The van der Waals surface area contributed by atoms with Crippen molar-refractivity contribution in [2.45, 2.75) is 83.9 Å². The van der Waals surface area contributed by atoms with E-state index < -0.39 is 0 Å². The number of ether oxygens (including phenoxy) is 1. The number of ketones is 1. The molecule has 1 fully saturated rings. The zero-order valence-electron chi connectivity index (χ0n) is 17.6. The molecule has 0 saturated heterocycles. The number of hydrogen-bond acceptors (Lipinski definition) is 3. The van der Waals surface area contributed by atoms with E-state index in [9.17, 15) is 9.59 Å². The molecule has 1 aliphatic carbocycles. The quantitative estimate of drug-likeness (QED) is 0.578. The Morgan fingerprint density at radius 2 is 1.85 bits per heavy atom. The lowest BCUT2D eigenvalue weighted by Crippen LogP contribution is -2.20. The predicted octanol–water partition coefficient (Wildman–Crippen LogP) is 4.55. The van der Waals surface area contributed by atoms with Crippen LogP contribution in [-0.4, -0.2) is 26.1 Å². The molecule has 1 radical (unpaired) electrons. The summed E-state index contributed by atoms with van der Waals surface area (Å²) in [7, 11) is 3.69. The summed E-state index contributed by atoms with van der Waals surface area (Å²) in [5.74, 6) is 0.940. The van der Waals surface area contributed by atoms with E-state index in [1.807, 2.05) is 0 Å². The Morgan fingerprint density at radius 3 is 2.44 bits per heavy atom. The molecule has 1 saturated carbocycles. The number of hydrogen-bond donors (Lipinski definition) is 0. The molecule has 4 heteroatoms. The van der Waals surface area contributed by atoms with Gasteiger partial charge < -0.3 is 4.74 Å². The number of fused-ring (bicyclic) bond motifs is 1. The number of carbonyl (C=O) groups is 2. The van der Waals surface area contributed by atoms with E-state index in [4.69, 9.17) is 0 Å². The van der Waals surface area contributed by atoms with Crippen molar-refractivity contribution in [2.75, 3.05) is 7.11 Å². The molecule has 1 aliphatic heterocycles. The van der Waals surface area contributed by atoms with Gasteiger partial charge in [-0.2, -0.15) is 0 Å². The lowest BCUT2D eigenvalue weighted by atomic mass is 9.69. The first-order valence-corrected chi connectivity index (χ1v) is 10.3. The van der Waals surface area contributed by atoms with Gasteiger partial charge in [-0.3, -0.25) is 9.59 Å². The van der Waals surface area contributed by atoms with Crippen LogP contribution in [-0.2, 0) is 19.7 Å². The second-order valence-electron chi connectivity index (χ2n) is 8.74. The molecule has 1 atom stereocenters. The van der Waals surface area contributed by atoms with Crippen molar-refractivity contribution in [1.29, 1.82) is 0 Å². The average molecular weight is 369 g/mol. The Bertz CT molecular complexity index is 660. The summed E-state index contributed by atoms with van der Waals surface area (Å²) >= 11 is 0. The largest absolute Gasteiger partial charge is 0.469 e. The van der Waals surface area contributed by atoms with Crippen LogP contribution in [0, 0.1) is 5.92 Å². The fourth-order valence-corrected chi connectivity index (χ4v) is 4.13. The molecule has 27 heavy (non-hydrogen) atoms. The van der Waals surface area contributed by atoms with Gasteiger partial charge in [-0.05, 0) is 35.3 Å². The predicted molar refractivity (Wildman–Crippen MR) is 112 cm³/mol. The van der Waals surface area contributed by atoms with Crippen LogP contribution in [0.15, 0.2) is 18.2 Å². The highest BCUT2D eigenvalue weighted by Gasteiger charge is 2.31. The van der Waals surface area contributed by atoms with Crippen LogP contribution < -0.4 is 5.46 Å². The third-order valence-corrected chi connectivity index (χ3v) is 6.06. The molecule has 1 heterocycles. The van der Waals surface area contributed by atoms with E-state index in [-0.39, 0.29) is 11.4 Å². The Balaban J connectivity index is 0.000000465. The first kappa shape index (κ1) is 21.7. The zero-order chi connectivity index (χ0) is 20.0. The van der Waals surface area contributed by atoms with E-state index >= 15 is 0 Å². The SMILES string of the molecule is CC(CC(=O)C1CCCCC1)c1ccc2c(c1)C(C)(C)C[B]2.COC(C)=O. The second-order valence-corrected chi connectivity index (χ2v) is 8.74. The van der Waals surface area contributed by atoms with Gasteiger partial charge in [-0.25, -0.2) is 0 Å². The van der Waals surface area contributed by atoms with E-state index in [0.717, 1.165) is 19.2 Å². The van der Waals surface area contributed by atoms with Crippen molar-refractivity contribution >= 4 is 24.5 Å². The molecule has 0 aromatic heterocycles. The Morgan fingerprint density at radius 1 is 1.22 bits per heavy atom. The third kappa shape index (κ3) is 5.95. The minimum Gasteiger partial charge on any atom is -0.469 e. The van der Waals surface area contributed by atoms with Gasteiger partial charge in [-0.15, -0.1) is 0 Å². The highest BCUT2D eigenvalue weighted by atomic mass is 16.5. The number of rotatable bonds is 4. The summed E-state index contributed by atoms with van der Waals surface area (Å²) in [6.07, 6.45) is 7.89. The van der Waals surface area contributed by atoms with Gasteiger partial charge in [0.15, 0.2) is 7.28 Å². The molecule has 0 N–H and O–H groups in total. The van der Waals surface area contributed by atoms with Gasteiger partial charge in [0, 0.05) is 19.3 Å². The maximum absolute atomic E-state index is 12.5. The molecule has 3 rings (SSSR count). The second kappa shape index (κ2) is 9.57. The first-order chi connectivity index (χ1) is 12.7. The lowest BCUT2D eigenvalue weighted by molar-refractivity contribution is -0.138. The van der Waals surface area contributed by atoms with E-state index in [1.54, 1.807) is 0 Å². The Labute approximate surface area is 165 Å². The van der Waals surface area contributed by atoms with Crippen molar-refractivity contribution in [2.24, 2.45) is 5.92 Å². The summed E-state index contributed by atoms with van der Waals surface area (Å²) in [6, 6.07) is 6.84. The van der Waals surface area contributed by atoms with Gasteiger partial charge in [0.1, 0.15) is 5.78 Å². The third-order valence-electron chi connectivity index (χ3n) is 6.06. The molecule has 1 aromatic carbocycles. The highest BCUT2D eigenvalue weighted by Crippen LogP contribution is 2.34. The molecular weight excluding hydrogens is 335 g/mol. The van der Waals surface area contributed by atoms with E-state index in [0.29, 0.717) is 24.0 Å². The molecule has 1 unspecified atom stereocenters. The minimum atomic E-state index is -0.245. The standard InChI is InChI=1S/C20H28BO.C3H6O2/c1-14(11-19(22)15-7-5-4-6-8-15)16-9-10-18-17(12-16)20(2,3)13-21-18;1-3(4)5-2/h9-10,12,14-15H,4-8,11,13H2,1-3H3;1-2H3. The molecule has 147 valence electrons. The molecule has 0 bridgehead atoms. The highest BCUT2D eigenvalue weighted by molar-refractivity contribution is 6.56. The van der Waals surface area contributed by atoms with E-state index in [1.165, 1.54) is 49.9 Å². The molecule has 0 amide bonds. The van der Waals surface area contributed by atoms with E-state index in [2.05, 4.69) is 51.0 Å². The molecule has 1 aromatic rings. The lowest BCUT2D eigenvalue weighted by Gasteiger charge is -2.24. The summed E-state index contributed by atoms with van der Waals surface area (Å²) in [4.78, 5) is 22.1. The van der Waals surface area contributed by atoms with Crippen LogP contribution >= 0.6 is 0 Å². The average Bonchev–Trinajstić information content (AvgIpc) is 2.97. The monoisotopic (exact) mass is 369 g/mol. The molecule has 0 spiro atoms. The van der Waals surface area contributed by atoms with Crippen LogP contribution in [0.2, 0.25) is 6.32 Å². The number of Topliss-reactive ketones (excluding diaryl/α,β-unsaturated/α-hetero) is 1. The summed E-state index contributed by atoms with van der Waals surface area (Å²) < 4.78 is 4.11. The van der Waals surface area contributed by atoms with Gasteiger partial charge in [0.2, 0.25) is 0 Å². The number of carbonyl (C=O) groups excluding carboxylic acids is 2. The van der Waals surface area contributed by atoms with Crippen molar-refractivity contribution in [1.82, 2.24) is 0 Å². The maximum Gasteiger partial charge on any atom is 0.302 e. The van der Waals surface area contributed by atoms with Crippen LogP contribution in [0.3, 0.4) is 0 Å². The molecule has 2 aliphatic rings. The Hall–Kier alpha value is -1.58.